The quantitative estimate of drug-likeness (QED) is 0.146. The molecule has 0 spiro atoms. The highest BCUT2D eigenvalue weighted by Crippen LogP contribution is 2.39. The molecule has 0 radical (unpaired) electrons. The summed E-state index contributed by atoms with van der Waals surface area (Å²) in [6.45, 7) is 7.21. The van der Waals surface area contributed by atoms with Crippen LogP contribution in [0.5, 0.6) is 11.5 Å². The summed E-state index contributed by atoms with van der Waals surface area (Å²) in [7, 11) is 1.19. The third-order valence-electron chi connectivity index (χ3n) is 5.59. The second-order valence-electron chi connectivity index (χ2n) is 8.14. The first-order valence-corrected chi connectivity index (χ1v) is 12.4. The Kier molecular flexibility index (Phi) is 8.98. The number of nitrogens with zero attached hydrogens (tertiary/aromatic N) is 4. The number of hydrogen-bond donors (Lipinski definition) is 0. The molecule has 0 aliphatic carbocycles. The molecule has 0 saturated carbocycles. The molecule has 0 N–H and O–H groups in total. The van der Waals surface area contributed by atoms with E-state index in [1.165, 1.54) is 37.1 Å². The lowest BCUT2D eigenvalue weighted by atomic mass is 10.1. The lowest BCUT2D eigenvalue weighted by Gasteiger charge is -2.16. The average Bonchev–Trinajstić information content (AvgIpc) is 2.88. The number of nitro groups is 1. The minimum absolute atomic E-state index is 0.0453. The molecule has 1 heterocycles. The Morgan fingerprint density at radius 1 is 1.27 bits per heavy atom. The number of fused-ring (bicyclic) bond motifs is 1. The number of carbonyl (C=O) groups excluding carboxylic acids is 1. The first-order chi connectivity index (χ1) is 17.6. The molecule has 37 heavy (non-hydrogen) atoms. The van der Waals surface area contributed by atoms with Crippen molar-refractivity contribution >= 4 is 44.7 Å². The van der Waals surface area contributed by atoms with Crippen molar-refractivity contribution in [3.63, 3.8) is 0 Å². The topological polar surface area (TPSA) is 135 Å². The molecule has 1 aromatic heterocycles. The summed E-state index contributed by atoms with van der Waals surface area (Å²) in [5.41, 5.74) is 0.0254. The first-order valence-electron chi connectivity index (χ1n) is 11.6. The van der Waals surface area contributed by atoms with Gasteiger partial charge in [0.1, 0.15) is 5.82 Å². The van der Waals surface area contributed by atoms with E-state index in [0.717, 1.165) is 4.47 Å². The van der Waals surface area contributed by atoms with Gasteiger partial charge < -0.3 is 14.2 Å². The van der Waals surface area contributed by atoms with E-state index in [-0.39, 0.29) is 35.1 Å². The summed E-state index contributed by atoms with van der Waals surface area (Å²) in [4.78, 5) is 41.1. The van der Waals surface area contributed by atoms with Gasteiger partial charge in [-0.05, 0) is 44.5 Å². The third-order valence-corrected chi connectivity index (χ3v) is 6.08. The van der Waals surface area contributed by atoms with E-state index >= 15 is 0 Å². The SMILES string of the molecule is CCOc1cc(C=Nn2c([C@H](C)CC)nc3ccc(Br)cc3c2=O)cc([N+](=O)[O-])c1O[C@H](C)C(=O)OC. The fourth-order valence-corrected chi connectivity index (χ4v) is 3.85. The van der Waals surface area contributed by atoms with Crippen LogP contribution in [-0.4, -0.2) is 46.6 Å². The second kappa shape index (κ2) is 12.0. The molecule has 2 atom stereocenters. The number of halogens is 1. The Hall–Kier alpha value is -3.80. The summed E-state index contributed by atoms with van der Waals surface area (Å²) in [5.74, 6) is -0.484. The lowest BCUT2D eigenvalue weighted by molar-refractivity contribution is -0.386. The molecular formula is C25H27BrN4O7. The molecule has 196 valence electrons. The molecule has 3 rings (SSSR count). The van der Waals surface area contributed by atoms with Crippen molar-refractivity contribution in [3.8, 4) is 11.5 Å². The zero-order chi connectivity index (χ0) is 27.3. The maximum atomic E-state index is 13.3. The smallest absolute Gasteiger partial charge is 0.346 e. The van der Waals surface area contributed by atoms with Crippen LogP contribution in [0.25, 0.3) is 10.9 Å². The molecule has 11 nitrogen and oxygen atoms in total. The van der Waals surface area contributed by atoms with Crippen LogP contribution in [-0.2, 0) is 9.53 Å². The molecule has 2 aromatic carbocycles. The summed E-state index contributed by atoms with van der Waals surface area (Å²) in [6, 6.07) is 7.95. The Balaban J connectivity index is 2.17. The zero-order valence-corrected chi connectivity index (χ0v) is 22.6. The van der Waals surface area contributed by atoms with Crippen LogP contribution in [0.2, 0.25) is 0 Å². The van der Waals surface area contributed by atoms with Crippen molar-refractivity contribution in [2.75, 3.05) is 13.7 Å². The predicted octanol–water partition coefficient (Wildman–Crippen LogP) is 4.80. The van der Waals surface area contributed by atoms with Crippen molar-refractivity contribution in [1.29, 1.82) is 0 Å². The highest BCUT2D eigenvalue weighted by atomic mass is 79.9. The van der Waals surface area contributed by atoms with Crippen LogP contribution >= 0.6 is 15.9 Å². The minimum Gasteiger partial charge on any atom is -0.490 e. The average molecular weight is 575 g/mol. The number of rotatable bonds is 10. The van der Waals surface area contributed by atoms with Crippen molar-refractivity contribution in [3.05, 3.63) is 66.7 Å². The molecule has 0 unspecified atom stereocenters. The number of carbonyl (C=O) groups is 1. The Morgan fingerprint density at radius 2 is 2.00 bits per heavy atom. The van der Waals surface area contributed by atoms with Crippen molar-refractivity contribution in [2.24, 2.45) is 5.10 Å². The molecule has 12 heteroatoms. The Morgan fingerprint density at radius 3 is 2.62 bits per heavy atom. The standard InChI is InChI=1S/C25H27BrN4O7/c1-6-14(3)23-28-19-9-8-17(26)12-18(19)24(31)29(23)27-13-16-10-20(30(33)34)22(21(11-16)36-7-2)37-15(4)25(32)35-5/h8-15H,6-7H2,1-5H3/t14-,15-/m1/s1. The van der Waals surface area contributed by atoms with Gasteiger partial charge in [-0.2, -0.15) is 9.78 Å². The highest BCUT2D eigenvalue weighted by Gasteiger charge is 2.27. The molecule has 0 aliphatic rings. The number of esters is 1. The van der Waals surface area contributed by atoms with Gasteiger partial charge in [0.15, 0.2) is 11.9 Å². The molecule has 0 amide bonds. The molecule has 0 aliphatic heterocycles. The normalized spacial score (nSPS) is 12.9. The molecule has 3 aromatic rings. The van der Waals surface area contributed by atoms with Crippen molar-refractivity contribution < 1.29 is 23.9 Å². The first kappa shape index (κ1) is 27.8. The van der Waals surface area contributed by atoms with Gasteiger partial charge in [0.2, 0.25) is 5.75 Å². The summed E-state index contributed by atoms with van der Waals surface area (Å²) < 4.78 is 17.7. The van der Waals surface area contributed by atoms with Gasteiger partial charge in [-0.1, -0.05) is 29.8 Å². The number of hydrogen-bond acceptors (Lipinski definition) is 9. The number of ether oxygens (including phenoxy) is 3. The Bertz CT molecular complexity index is 1420. The van der Waals surface area contributed by atoms with E-state index in [1.54, 1.807) is 19.1 Å². The van der Waals surface area contributed by atoms with Crippen molar-refractivity contribution in [2.45, 2.75) is 46.1 Å². The van der Waals surface area contributed by atoms with Crippen LogP contribution in [0.3, 0.4) is 0 Å². The van der Waals surface area contributed by atoms with E-state index in [1.807, 2.05) is 19.9 Å². The molecule has 0 fully saturated rings. The Labute approximate surface area is 221 Å². The zero-order valence-electron chi connectivity index (χ0n) is 21.1. The predicted molar refractivity (Wildman–Crippen MR) is 142 cm³/mol. The van der Waals surface area contributed by atoms with E-state index in [9.17, 15) is 19.7 Å². The molecule has 0 bridgehead atoms. The molecule has 0 saturated heterocycles. The van der Waals surface area contributed by atoms with Gasteiger partial charge in [-0.15, -0.1) is 0 Å². The number of benzene rings is 2. The van der Waals surface area contributed by atoms with Crippen LogP contribution in [0.15, 0.2) is 44.7 Å². The fraction of sp³-hybridized carbons (Fsp3) is 0.360. The summed E-state index contributed by atoms with van der Waals surface area (Å²) in [6.07, 6.45) is 0.929. The number of aromatic nitrogens is 2. The van der Waals surface area contributed by atoms with Crippen LogP contribution in [0.1, 0.15) is 51.4 Å². The van der Waals surface area contributed by atoms with Crippen molar-refractivity contribution in [1.82, 2.24) is 9.66 Å². The highest BCUT2D eigenvalue weighted by molar-refractivity contribution is 9.10. The summed E-state index contributed by atoms with van der Waals surface area (Å²) in [5, 5.41) is 16.6. The second-order valence-corrected chi connectivity index (χ2v) is 9.06. The van der Waals surface area contributed by atoms with Gasteiger partial charge in [-0.25, -0.2) is 9.78 Å². The summed E-state index contributed by atoms with van der Waals surface area (Å²) >= 11 is 3.38. The van der Waals surface area contributed by atoms with Gasteiger partial charge in [0.25, 0.3) is 5.56 Å². The third kappa shape index (κ3) is 6.13. The van der Waals surface area contributed by atoms with Crippen LogP contribution < -0.4 is 15.0 Å². The monoisotopic (exact) mass is 574 g/mol. The van der Waals surface area contributed by atoms with Gasteiger partial charge in [0, 0.05) is 22.0 Å². The van der Waals surface area contributed by atoms with Gasteiger partial charge in [-0.3, -0.25) is 14.9 Å². The fourth-order valence-electron chi connectivity index (χ4n) is 3.49. The van der Waals surface area contributed by atoms with Crippen LogP contribution in [0.4, 0.5) is 5.69 Å². The number of methoxy groups -OCH3 is 1. The van der Waals surface area contributed by atoms with E-state index in [2.05, 4.69) is 30.8 Å². The van der Waals surface area contributed by atoms with Gasteiger partial charge in [0.05, 0.1) is 35.8 Å². The van der Waals surface area contributed by atoms with E-state index < -0.39 is 22.7 Å². The van der Waals surface area contributed by atoms with E-state index in [0.29, 0.717) is 23.1 Å². The van der Waals surface area contributed by atoms with Crippen LogP contribution in [0, 0.1) is 10.1 Å². The van der Waals surface area contributed by atoms with Gasteiger partial charge >= 0.3 is 11.7 Å². The number of nitro benzene ring substituents is 1. The largest absolute Gasteiger partial charge is 0.490 e. The maximum Gasteiger partial charge on any atom is 0.346 e. The maximum absolute atomic E-state index is 13.3. The van der Waals surface area contributed by atoms with E-state index in [4.69, 9.17) is 9.47 Å². The lowest BCUT2D eigenvalue weighted by Crippen LogP contribution is -2.25. The molecular weight excluding hydrogens is 548 g/mol. The minimum atomic E-state index is -1.11.